The molecule has 12 heteroatoms. The molecule has 0 fully saturated rings. The number of hydrogen-bond donors (Lipinski definition) is 1. The van der Waals surface area contributed by atoms with Crippen LogP contribution in [0.3, 0.4) is 0 Å². The average Bonchev–Trinajstić information content (AvgIpc) is 3.47. The summed E-state index contributed by atoms with van der Waals surface area (Å²) in [6.45, 7) is 0. The highest BCUT2D eigenvalue weighted by Gasteiger charge is 2.19. The van der Waals surface area contributed by atoms with Gasteiger partial charge in [0.15, 0.2) is 9.84 Å². The molecule has 4 rings (SSSR count). The van der Waals surface area contributed by atoms with Crippen LogP contribution in [0.4, 0.5) is 5.13 Å². The van der Waals surface area contributed by atoms with Crippen molar-refractivity contribution in [3.05, 3.63) is 86.8 Å². The number of anilines is 1. The Kier molecular flexibility index (Phi) is 8.62. The smallest absolute Gasteiger partial charge is 0.230 e. The van der Waals surface area contributed by atoms with Gasteiger partial charge in [-0.15, -0.1) is 20.4 Å². The summed E-state index contributed by atoms with van der Waals surface area (Å²) in [6, 6.07) is 18.7. The summed E-state index contributed by atoms with van der Waals surface area (Å²) in [5.74, 6) is -0.612. The van der Waals surface area contributed by atoms with E-state index in [1.54, 1.807) is 0 Å². The number of carbonyl (C=O) groups excluding carboxylic acids is 2. The van der Waals surface area contributed by atoms with Crippen molar-refractivity contribution in [1.29, 1.82) is 0 Å². The Morgan fingerprint density at radius 1 is 0.722 bits per heavy atom. The first kappa shape index (κ1) is 25.7. The molecular weight excluding hydrogens is 518 g/mol. The maximum absolute atomic E-state index is 12.6. The molecule has 2 aromatic heterocycles. The summed E-state index contributed by atoms with van der Waals surface area (Å²) in [5, 5.41) is 20.2. The molecule has 1 N–H and O–H groups in total. The van der Waals surface area contributed by atoms with Crippen LogP contribution in [0.2, 0.25) is 0 Å². The van der Waals surface area contributed by atoms with Gasteiger partial charge in [0, 0.05) is 12.8 Å². The molecule has 0 radical (unpaired) electrons. The summed E-state index contributed by atoms with van der Waals surface area (Å²) in [5.41, 5.74) is 1.80. The van der Waals surface area contributed by atoms with Crippen molar-refractivity contribution in [2.45, 2.75) is 31.4 Å². The van der Waals surface area contributed by atoms with Crippen LogP contribution < -0.4 is 5.32 Å². The molecule has 0 atom stereocenters. The molecule has 1 amide bonds. The second kappa shape index (κ2) is 12.1. The van der Waals surface area contributed by atoms with Crippen LogP contribution in [-0.2, 0) is 50.9 Å². The van der Waals surface area contributed by atoms with E-state index < -0.39 is 9.84 Å². The monoisotopic (exact) mass is 541 g/mol. The van der Waals surface area contributed by atoms with E-state index in [-0.39, 0.29) is 42.5 Å². The van der Waals surface area contributed by atoms with Gasteiger partial charge >= 0.3 is 0 Å². The lowest BCUT2D eigenvalue weighted by Gasteiger charge is -2.01. The van der Waals surface area contributed by atoms with Crippen molar-refractivity contribution < 1.29 is 18.0 Å². The number of aromatic nitrogens is 4. The molecule has 0 aliphatic carbocycles. The quantitative estimate of drug-likeness (QED) is 0.289. The van der Waals surface area contributed by atoms with E-state index in [4.69, 9.17) is 0 Å². The maximum Gasteiger partial charge on any atom is 0.230 e. The number of aryl methyl sites for hydroxylation is 1. The SMILES string of the molecule is O=C(Cc1ccccc1)Cc1nnc(CS(=O)(=O)CCc2nnc(NC(=O)Cc3ccccc3)s2)s1. The van der Waals surface area contributed by atoms with E-state index in [2.05, 4.69) is 25.7 Å². The molecule has 0 unspecified atom stereocenters. The molecule has 2 aromatic carbocycles. The molecular formula is C24H23N5O4S3. The van der Waals surface area contributed by atoms with Gasteiger partial charge in [0.05, 0.1) is 18.6 Å². The number of nitrogens with one attached hydrogen (secondary N) is 1. The summed E-state index contributed by atoms with van der Waals surface area (Å²) >= 11 is 2.29. The van der Waals surface area contributed by atoms with E-state index in [9.17, 15) is 18.0 Å². The van der Waals surface area contributed by atoms with Crippen molar-refractivity contribution in [3.8, 4) is 0 Å². The van der Waals surface area contributed by atoms with Gasteiger partial charge in [-0.3, -0.25) is 9.59 Å². The Morgan fingerprint density at radius 2 is 1.33 bits per heavy atom. The van der Waals surface area contributed by atoms with Gasteiger partial charge in [0.2, 0.25) is 11.0 Å². The van der Waals surface area contributed by atoms with E-state index in [1.165, 1.54) is 0 Å². The molecule has 0 spiro atoms. The molecule has 0 bridgehead atoms. The van der Waals surface area contributed by atoms with Crippen molar-refractivity contribution in [2.75, 3.05) is 11.1 Å². The molecule has 0 saturated carbocycles. The molecule has 2 heterocycles. The number of benzene rings is 2. The minimum absolute atomic E-state index is 0.00492. The standard InChI is InChI=1S/C24H23N5O4S3/c30-19(13-17-7-3-1-4-8-17)15-22-27-28-23(34-22)16-36(32,33)12-11-21-26-29-24(35-21)25-20(31)14-18-9-5-2-6-10-18/h1-10H,11-16H2,(H,25,29,31). The lowest BCUT2D eigenvalue weighted by Crippen LogP contribution is -2.14. The fourth-order valence-electron chi connectivity index (χ4n) is 3.33. The van der Waals surface area contributed by atoms with Crippen LogP contribution in [0, 0.1) is 0 Å². The molecule has 4 aromatic rings. The van der Waals surface area contributed by atoms with Crippen molar-refractivity contribution >= 4 is 49.3 Å². The lowest BCUT2D eigenvalue weighted by molar-refractivity contribution is -0.118. The Labute approximate surface area is 216 Å². The number of amides is 1. The highest BCUT2D eigenvalue weighted by molar-refractivity contribution is 7.90. The number of ketones is 1. The minimum atomic E-state index is -3.48. The third-order valence-electron chi connectivity index (χ3n) is 4.99. The van der Waals surface area contributed by atoms with Crippen molar-refractivity contribution in [3.63, 3.8) is 0 Å². The van der Waals surface area contributed by atoms with Crippen LogP contribution in [0.25, 0.3) is 0 Å². The van der Waals surface area contributed by atoms with Crippen LogP contribution in [0.15, 0.2) is 60.7 Å². The first-order valence-electron chi connectivity index (χ1n) is 11.1. The third kappa shape index (κ3) is 8.11. The average molecular weight is 542 g/mol. The highest BCUT2D eigenvalue weighted by atomic mass is 32.2. The van der Waals surface area contributed by atoms with E-state index in [0.717, 1.165) is 33.8 Å². The molecule has 0 saturated heterocycles. The van der Waals surface area contributed by atoms with E-state index in [0.29, 0.717) is 26.6 Å². The molecule has 186 valence electrons. The van der Waals surface area contributed by atoms with Gasteiger partial charge in [0.1, 0.15) is 26.6 Å². The second-order valence-corrected chi connectivity index (χ2v) is 12.4. The zero-order valence-corrected chi connectivity index (χ0v) is 21.6. The Morgan fingerprint density at radius 3 is 2.03 bits per heavy atom. The van der Waals surface area contributed by atoms with Gasteiger partial charge in [-0.05, 0) is 11.1 Å². The number of nitrogens with zero attached hydrogens (tertiary/aromatic N) is 4. The zero-order valence-electron chi connectivity index (χ0n) is 19.2. The Hall–Kier alpha value is -3.35. The number of sulfone groups is 1. The van der Waals surface area contributed by atoms with Crippen LogP contribution in [0.1, 0.15) is 26.1 Å². The van der Waals surface area contributed by atoms with Gasteiger partial charge in [-0.1, -0.05) is 83.3 Å². The van der Waals surface area contributed by atoms with Gasteiger partial charge in [-0.25, -0.2) is 8.42 Å². The van der Waals surface area contributed by atoms with Crippen molar-refractivity contribution in [2.24, 2.45) is 0 Å². The minimum Gasteiger partial charge on any atom is -0.300 e. The predicted octanol–water partition coefficient (Wildman–Crippen LogP) is 3.08. The van der Waals surface area contributed by atoms with E-state index in [1.807, 2.05) is 60.7 Å². The first-order valence-corrected chi connectivity index (χ1v) is 14.5. The van der Waals surface area contributed by atoms with Gasteiger partial charge < -0.3 is 5.32 Å². The molecule has 9 nitrogen and oxygen atoms in total. The summed E-state index contributed by atoms with van der Waals surface area (Å²) in [4.78, 5) is 24.4. The predicted molar refractivity (Wildman–Crippen MR) is 139 cm³/mol. The van der Waals surface area contributed by atoms with Gasteiger partial charge in [0.25, 0.3) is 0 Å². The summed E-state index contributed by atoms with van der Waals surface area (Å²) in [7, 11) is -3.48. The van der Waals surface area contributed by atoms with Crippen molar-refractivity contribution in [1.82, 2.24) is 20.4 Å². The zero-order chi connectivity index (χ0) is 25.4. The maximum atomic E-state index is 12.6. The first-order chi connectivity index (χ1) is 17.3. The number of rotatable bonds is 12. The third-order valence-corrected chi connectivity index (χ3v) is 8.54. The van der Waals surface area contributed by atoms with Crippen LogP contribution in [-0.4, -0.2) is 46.3 Å². The fourth-order valence-corrected chi connectivity index (χ4v) is 6.74. The molecule has 0 aliphatic heterocycles. The summed E-state index contributed by atoms with van der Waals surface area (Å²) < 4.78 is 25.2. The second-order valence-electron chi connectivity index (χ2n) is 8.02. The van der Waals surface area contributed by atoms with Gasteiger partial charge in [-0.2, -0.15) is 0 Å². The fraction of sp³-hybridized carbons (Fsp3) is 0.250. The van der Waals surface area contributed by atoms with Crippen LogP contribution >= 0.6 is 22.7 Å². The molecule has 36 heavy (non-hydrogen) atoms. The topological polar surface area (TPSA) is 132 Å². The highest BCUT2D eigenvalue weighted by Crippen LogP contribution is 2.19. The number of Topliss-reactive ketones (excluding diaryl/α,β-unsaturated/α-hetero) is 1. The largest absolute Gasteiger partial charge is 0.300 e. The lowest BCUT2D eigenvalue weighted by atomic mass is 10.1. The van der Waals surface area contributed by atoms with E-state index >= 15 is 0 Å². The van der Waals surface area contributed by atoms with Crippen LogP contribution in [0.5, 0.6) is 0 Å². The summed E-state index contributed by atoms with van der Waals surface area (Å²) in [6.07, 6.45) is 0.808. The number of hydrogen-bond acceptors (Lipinski definition) is 10. The normalized spacial score (nSPS) is 11.3. The number of carbonyl (C=O) groups is 2. The Balaban J connectivity index is 1.24. The molecule has 0 aliphatic rings. The Bertz CT molecular complexity index is 1420.